The van der Waals surface area contributed by atoms with Crippen molar-refractivity contribution in [3.63, 3.8) is 0 Å². The molecule has 2 atom stereocenters. The molecule has 6 heteroatoms. The quantitative estimate of drug-likeness (QED) is 0.553. The van der Waals surface area contributed by atoms with Crippen LogP contribution in [-0.2, 0) is 0 Å². The Balaban J connectivity index is 2.27. The Labute approximate surface area is 113 Å². The molecule has 0 radical (unpaired) electrons. The lowest BCUT2D eigenvalue weighted by Crippen LogP contribution is -2.44. The fourth-order valence-corrected chi connectivity index (χ4v) is 2.54. The molecular weight excluding hydrogens is 242 g/mol. The van der Waals surface area contributed by atoms with Crippen LogP contribution in [0.25, 0.3) is 0 Å². The lowest BCUT2D eigenvalue weighted by molar-refractivity contribution is 0.105. The Kier molecular flexibility index (Phi) is 3.99. The van der Waals surface area contributed by atoms with Gasteiger partial charge in [-0.2, -0.15) is 0 Å². The number of hydrogen-bond donors (Lipinski definition) is 3. The zero-order valence-electron chi connectivity index (χ0n) is 11.4. The van der Waals surface area contributed by atoms with E-state index in [0.29, 0.717) is 11.6 Å². The van der Waals surface area contributed by atoms with Gasteiger partial charge in [0.15, 0.2) is 0 Å². The highest BCUT2D eigenvalue weighted by molar-refractivity contribution is 5.93. The van der Waals surface area contributed by atoms with E-state index >= 15 is 0 Å². The second kappa shape index (κ2) is 5.52. The zero-order chi connectivity index (χ0) is 14.0. The fourth-order valence-electron chi connectivity index (χ4n) is 2.54. The first-order valence-corrected chi connectivity index (χ1v) is 6.60. The average Bonchev–Trinajstić information content (AvgIpc) is 2.37. The average molecular weight is 263 g/mol. The van der Waals surface area contributed by atoms with Gasteiger partial charge in [-0.05, 0) is 25.8 Å². The number of amidine groups is 1. The Morgan fingerprint density at radius 3 is 2.74 bits per heavy atom. The molecular formula is C13H21N5O. The van der Waals surface area contributed by atoms with Crippen molar-refractivity contribution < 1.29 is 5.11 Å². The van der Waals surface area contributed by atoms with Crippen LogP contribution < -0.4 is 10.6 Å². The van der Waals surface area contributed by atoms with Crippen molar-refractivity contribution in [3.05, 3.63) is 17.5 Å². The number of anilines is 1. The SMILES string of the molecule is Cc1cc(C(=N)N)nc(N(C)C2CCCCC2O)n1. The van der Waals surface area contributed by atoms with Gasteiger partial charge in [-0.1, -0.05) is 12.8 Å². The number of likely N-dealkylation sites (N-methyl/N-ethyl adjacent to an activating group) is 1. The molecule has 1 aliphatic rings. The van der Waals surface area contributed by atoms with Gasteiger partial charge in [-0.3, -0.25) is 5.41 Å². The van der Waals surface area contributed by atoms with Gasteiger partial charge in [0.1, 0.15) is 11.5 Å². The number of nitrogens with zero attached hydrogens (tertiary/aromatic N) is 3. The highest BCUT2D eigenvalue weighted by Crippen LogP contribution is 2.24. The van der Waals surface area contributed by atoms with Gasteiger partial charge < -0.3 is 15.7 Å². The van der Waals surface area contributed by atoms with Gasteiger partial charge in [-0.15, -0.1) is 0 Å². The molecule has 2 rings (SSSR count). The lowest BCUT2D eigenvalue weighted by Gasteiger charge is -2.35. The second-order valence-corrected chi connectivity index (χ2v) is 5.14. The highest BCUT2D eigenvalue weighted by atomic mass is 16.3. The summed E-state index contributed by atoms with van der Waals surface area (Å²) in [6, 6.07) is 1.73. The molecule has 1 heterocycles. The first kappa shape index (κ1) is 13.7. The Morgan fingerprint density at radius 1 is 1.42 bits per heavy atom. The van der Waals surface area contributed by atoms with E-state index in [-0.39, 0.29) is 18.0 Å². The number of nitrogen functional groups attached to an aromatic ring is 1. The van der Waals surface area contributed by atoms with Crippen LogP contribution in [0.1, 0.15) is 37.1 Å². The summed E-state index contributed by atoms with van der Waals surface area (Å²) in [7, 11) is 1.89. The molecule has 0 bridgehead atoms. The van der Waals surface area contributed by atoms with Crippen molar-refractivity contribution in [1.29, 1.82) is 5.41 Å². The summed E-state index contributed by atoms with van der Waals surface area (Å²) < 4.78 is 0. The predicted octanol–water partition coefficient (Wildman–Crippen LogP) is 0.809. The molecule has 4 N–H and O–H groups in total. The lowest BCUT2D eigenvalue weighted by atomic mass is 9.92. The van der Waals surface area contributed by atoms with Crippen LogP contribution in [0.3, 0.4) is 0 Å². The van der Waals surface area contributed by atoms with Gasteiger partial charge in [-0.25, -0.2) is 9.97 Å². The Bertz CT molecular complexity index is 476. The van der Waals surface area contributed by atoms with E-state index < -0.39 is 0 Å². The normalized spacial score (nSPS) is 23.1. The highest BCUT2D eigenvalue weighted by Gasteiger charge is 2.28. The van der Waals surface area contributed by atoms with E-state index in [1.54, 1.807) is 6.07 Å². The Morgan fingerprint density at radius 2 is 2.11 bits per heavy atom. The third kappa shape index (κ3) is 3.01. The van der Waals surface area contributed by atoms with E-state index in [1.165, 1.54) is 0 Å². The fraction of sp³-hybridized carbons (Fsp3) is 0.615. The second-order valence-electron chi connectivity index (χ2n) is 5.14. The maximum Gasteiger partial charge on any atom is 0.226 e. The maximum absolute atomic E-state index is 10.1. The van der Waals surface area contributed by atoms with Gasteiger partial charge in [0, 0.05) is 12.7 Å². The van der Waals surface area contributed by atoms with E-state index in [4.69, 9.17) is 11.1 Å². The van der Waals surface area contributed by atoms with Crippen LogP contribution in [-0.4, -0.2) is 40.1 Å². The molecule has 19 heavy (non-hydrogen) atoms. The largest absolute Gasteiger partial charge is 0.391 e. The van der Waals surface area contributed by atoms with E-state index in [9.17, 15) is 5.11 Å². The molecule has 6 nitrogen and oxygen atoms in total. The molecule has 0 aliphatic heterocycles. The number of aromatic nitrogens is 2. The first-order valence-electron chi connectivity index (χ1n) is 6.60. The summed E-state index contributed by atoms with van der Waals surface area (Å²) in [5, 5.41) is 17.6. The summed E-state index contributed by atoms with van der Waals surface area (Å²) in [5.74, 6) is 0.459. The molecule has 1 aromatic heterocycles. The minimum atomic E-state index is -0.344. The van der Waals surface area contributed by atoms with Crippen molar-refractivity contribution in [1.82, 2.24) is 9.97 Å². The molecule has 1 saturated carbocycles. The first-order chi connectivity index (χ1) is 8.99. The van der Waals surface area contributed by atoms with Crippen molar-refractivity contribution in [2.75, 3.05) is 11.9 Å². The minimum absolute atomic E-state index is 0.0374. The van der Waals surface area contributed by atoms with Crippen LogP contribution in [0.15, 0.2) is 6.07 Å². The van der Waals surface area contributed by atoms with Gasteiger partial charge in [0.05, 0.1) is 12.1 Å². The number of hydrogen-bond acceptors (Lipinski definition) is 5. The van der Waals surface area contributed by atoms with Crippen molar-refractivity contribution >= 4 is 11.8 Å². The summed E-state index contributed by atoms with van der Waals surface area (Å²) in [6.07, 6.45) is 3.59. The zero-order valence-corrected chi connectivity index (χ0v) is 11.4. The molecule has 0 aromatic carbocycles. The maximum atomic E-state index is 10.1. The number of aliphatic hydroxyl groups excluding tert-OH is 1. The van der Waals surface area contributed by atoms with Gasteiger partial charge >= 0.3 is 0 Å². The molecule has 0 saturated heterocycles. The predicted molar refractivity (Wildman–Crippen MR) is 74.5 cm³/mol. The third-order valence-corrected chi connectivity index (χ3v) is 3.63. The number of aryl methyl sites for hydroxylation is 1. The molecule has 1 aromatic rings. The summed E-state index contributed by atoms with van der Waals surface area (Å²) >= 11 is 0. The number of rotatable bonds is 3. The van der Waals surface area contributed by atoms with Gasteiger partial charge in [0.2, 0.25) is 5.95 Å². The summed E-state index contributed by atoms with van der Waals surface area (Å²) in [4.78, 5) is 10.6. The van der Waals surface area contributed by atoms with E-state index in [2.05, 4.69) is 9.97 Å². The molecule has 104 valence electrons. The van der Waals surface area contributed by atoms with Crippen LogP contribution >= 0.6 is 0 Å². The number of nitrogens with two attached hydrogens (primary N) is 1. The molecule has 1 aliphatic carbocycles. The summed E-state index contributed by atoms with van der Waals surface area (Å²) in [5.41, 5.74) is 6.68. The number of aliphatic hydroxyl groups is 1. The molecule has 0 amide bonds. The van der Waals surface area contributed by atoms with E-state index in [1.807, 2.05) is 18.9 Å². The van der Waals surface area contributed by atoms with E-state index in [0.717, 1.165) is 31.4 Å². The van der Waals surface area contributed by atoms with Crippen molar-refractivity contribution in [2.24, 2.45) is 5.73 Å². The molecule has 1 fully saturated rings. The van der Waals surface area contributed by atoms with Crippen molar-refractivity contribution in [3.8, 4) is 0 Å². The van der Waals surface area contributed by atoms with Crippen LogP contribution in [0.5, 0.6) is 0 Å². The number of nitrogens with one attached hydrogen (secondary N) is 1. The van der Waals surface area contributed by atoms with Crippen molar-refractivity contribution in [2.45, 2.75) is 44.8 Å². The standard InChI is InChI=1S/C13H21N5O/c1-8-7-9(12(14)15)17-13(16-8)18(2)10-5-3-4-6-11(10)19/h7,10-11,19H,3-6H2,1-2H3,(H3,14,15). The van der Waals surface area contributed by atoms with Crippen LogP contribution in [0.4, 0.5) is 5.95 Å². The Hall–Kier alpha value is -1.69. The minimum Gasteiger partial charge on any atom is -0.391 e. The molecule has 0 spiro atoms. The monoisotopic (exact) mass is 263 g/mol. The molecule has 2 unspecified atom stereocenters. The summed E-state index contributed by atoms with van der Waals surface area (Å²) in [6.45, 7) is 1.85. The third-order valence-electron chi connectivity index (χ3n) is 3.63. The van der Waals surface area contributed by atoms with Gasteiger partial charge in [0.25, 0.3) is 0 Å². The van der Waals surface area contributed by atoms with Crippen LogP contribution in [0, 0.1) is 12.3 Å². The topological polar surface area (TPSA) is 99.1 Å². The smallest absolute Gasteiger partial charge is 0.226 e. The van der Waals surface area contributed by atoms with Crippen LogP contribution in [0.2, 0.25) is 0 Å².